The monoisotopic (exact) mass is 302 g/mol. The second-order valence-electron chi connectivity index (χ2n) is 5.42. The highest BCUT2D eigenvalue weighted by Gasteiger charge is 2.18. The van der Waals surface area contributed by atoms with Gasteiger partial charge < -0.3 is 14.6 Å². The molecule has 3 heterocycles. The van der Waals surface area contributed by atoms with E-state index in [1.807, 2.05) is 6.92 Å². The minimum absolute atomic E-state index is 0.247. The van der Waals surface area contributed by atoms with Gasteiger partial charge in [-0.25, -0.2) is 9.78 Å². The van der Waals surface area contributed by atoms with Gasteiger partial charge in [0.2, 0.25) is 11.4 Å². The van der Waals surface area contributed by atoms with Crippen LogP contribution in [0.5, 0.6) is 0 Å². The maximum absolute atomic E-state index is 12.2. The Morgan fingerprint density at radius 2 is 2.05 bits per heavy atom. The molecule has 0 atom stereocenters. The van der Waals surface area contributed by atoms with E-state index in [0.717, 1.165) is 25.9 Å². The molecule has 7 nitrogen and oxygen atoms in total. The number of carboxylic acids is 1. The third kappa shape index (κ3) is 2.43. The summed E-state index contributed by atoms with van der Waals surface area (Å²) in [4.78, 5) is 34.3. The molecule has 1 aliphatic rings. The fourth-order valence-electron chi connectivity index (χ4n) is 2.80. The largest absolute Gasteiger partial charge is 0.477 e. The molecule has 0 bridgehead atoms. The van der Waals surface area contributed by atoms with Crippen molar-refractivity contribution in [1.82, 2.24) is 14.5 Å². The van der Waals surface area contributed by atoms with Gasteiger partial charge in [-0.15, -0.1) is 0 Å². The molecule has 22 heavy (non-hydrogen) atoms. The fourth-order valence-corrected chi connectivity index (χ4v) is 2.80. The van der Waals surface area contributed by atoms with Crippen molar-refractivity contribution in [3.63, 3.8) is 0 Å². The minimum Gasteiger partial charge on any atom is -0.477 e. The molecule has 0 spiro atoms. The summed E-state index contributed by atoms with van der Waals surface area (Å²) in [6.07, 6.45) is 6.25. The highest BCUT2D eigenvalue weighted by atomic mass is 16.4. The number of hydrogen-bond donors (Lipinski definition) is 1. The predicted octanol–water partition coefficient (Wildman–Crippen LogP) is 1.50. The van der Waals surface area contributed by atoms with E-state index >= 15 is 0 Å². The van der Waals surface area contributed by atoms with Gasteiger partial charge in [0.1, 0.15) is 11.2 Å². The lowest BCUT2D eigenvalue weighted by Crippen LogP contribution is -2.31. The molecule has 0 aliphatic carbocycles. The van der Waals surface area contributed by atoms with Gasteiger partial charge in [0.05, 0.1) is 5.39 Å². The topological polar surface area (TPSA) is 88.3 Å². The number of rotatable bonds is 3. The molecular formula is C15H18N4O3. The molecule has 2 aromatic heterocycles. The highest BCUT2D eigenvalue weighted by molar-refractivity contribution is 5.91. The molecule has 0 unspecified atom stereocenters. The lowest BCUT2D eigenvalue weighted by atomic mass is 10.1. The van der Waals surface area contributed by atoms with E-state index in [1.54, 1.807) is 4.57 Å². The Kier molecular flexibility index (Phi) is 3.79. The van der Waals surface area contributed by atoms with Crippen molar-refractivity contribution < 1.29 is 9.90 Å². The molecule has 2 aromatic rings. The number of nitrogens with zero attached hydrogens (tertiary/aromatic N) is 4. The summed E-state index contributed by atoms with van der Waals surface area (Å²) in [6.45, 7) is 4.25. The van der Waals surface area contributed by atoms with Crippen molar-refractivity contribution in [3.8, 4) is 0 Å². The quantitative estimate of drug-likeness (QED) is 0.924. The van der Waals surface area contributed by atoms with Crippen molar-refractivity contribution in [2.75, 3.05) is 18.0 Å². The van der Waals surface area contributed by atoms with E-state index < -0.39 is 11.4 Å². The van der Waals surface area contributed by atoms with E-state index in [9.17, 15) is 9.59 Å². The molecular weight excluding hydrogens is 284 g/mol. The standard InChI is InChI=1S/C15H18N4O3/c1-2-18-9-11(14(21)22)12(20)10-8-16-15(17-13(10)18)19-6-4-3-5-7-19/h8-9H,2-7H2,1H3,(H,21,22). The first-order valence-corrected chi connectivity index (χ1v) is 7.50. The number of fused-ring (bicyclic) bond motifs is 1. The minimum atomic E-state index is -1.23. The molecule has 0 aromatic carbocycles. The Bertz CT molecular complexity index is 778. The van der Waals surface area contributed by atoms with Gasteiger partial charge in [-0.05, 0) is 26.2 Å². The van der Waals surface area contributed by atoms with Crippen LogP contribution in [0.2, 0.25) is 0 Å². The van der Waals surface area contributed by atoms with Crippen LogP contribution in [0.4, 0.5) is 5.95 Å². The zero-order valence-electron chi connectivity index (χ0n) is 12.4. The van der Waals surface area contributed by atoms with Crippen molar-refractivity contribution in [1.29, 1.82) is 0 Å². The van der Waals surface area contributed by atoms with Crippen LogP contribution in [-0.4, -0.2) is 38.7 Å². The number of carboxylic acid groups (broad SMARTS) is 1. The van der Waals surface area contributed by atoms with Gasteiger partial charge in [-0.1, -0.05) is 0 Å². The first-order valence-electron chi connectivity index (χ1n) is 7.50. The summed E-state index contributed by atoms with van der Waals surface area (Å²) in [5.41, 5.74) is -0.283. The Morgan fingerprint density at radius 3 is 2.68 bits per heavy atom. The number of pyridine rings is 1. The predicted molar refractivity (Wildman–Crippen MR) is 82.5 cm³/mol. The number of anilines is 1. The number of aromatic carboxylic acids is 1. The van der Waals surface area contributed by atoms with Gasteiger partial charge >= 0.3 is 5.97 Å². The third-order valence-corrected chi connectivity index (χ3v) is 4.01. The SMILES string of the molecule is CCn1cc(C(=O)O)c(=O)c2cnc(N3CCCCC3)nc21. The summed E-state index contributed by atoms with van der Waals surface area (Å²) >= 11 is 0. The normalized spacial score (nSPS) is 15.2. The fraction of sp³-hybridized carbons (Fsp3) is 0.467. The maximum Gasteiger partial charge on any atom is 0.341 e. The van der Waals surface area contributed by atoms with Gasteiger partial charge in [0, 0.05) is 32.0 Å². The van der Waals surface area contributed by atoms with Crippen LogP contribution in [0.15, 0.2) is 17.2 Å². The smallest absolute Gasteiger partial charge is 0.341 e. The summed E-state index contributed by atoms with van der Waals surface area (Å²) in [6, 6.07) is 0. The maximum atomic E-state index is 12.2. The van der Waals surface area contributed by atoms with Gasteiger partial charge in [0.15, 0.2) is 0 Å². The lowest BCUT2D eigenvalue weighted by molar-refractivity contribution is 0.0695. The first kappa shape index (κ1) is 14.5. The number of aryl methyl sites for hydroxylation is 1. The van der Waals surface area contributed by atoms with Crippen LogP contribution in [0.1, 0.15) is 36.5 Å². The van der Waals surface area contributed by atoms with Crippen LogP contribution in [-0.2, 0) is 6.54 Å². The van der Waals surface area contributed by atoms with E-state index in [-0.39, 0.29) is 10.9 Å². The Morgan fingerprint density at radius 1 is 1.32 bits per heavy atom. The Hall–Kier alpha value is -2.44. The molecule has 1 fully saturated rings. The first-order chi connectivity index (χ1) is 10.6. The van der Waals surface area contributed by atoms with Gasteiger partial charge in [-0.3, -0.25) is 4.79 Å². The van der Waals surface area contributed by atoms with E-state index in [1.165, 1.54) is 18.8 Å². The molecule has 1 saturated heterocycles. The Labute approximate surface area is 127 Å². The molecule has 1 N–H and O–H groups in total. The summed E-state index contributed by atoms with van der Waals surface area (Å²) < 4.78 is 1.69. The molecule has 3 rings (SSSR count). The van der Waals surface area contributed by atoms with E-state index in [0.29, 0.717) is 18.1 Å². The average Bonchev–Trinajstić information content (AvgIpc) is 2.55. The van der Waals surface area contributed by atoms with Crippen LogP contribution in [0.3, 0.4) is 0 Å². The van der Waals surface area contributed by atoms with Crippen LogP contribution in [0, 0.1) is 0 Å². The number of hydrogen-bond acceptors (Lipinski definition) is 5. The van der Waals surface area contributed by atoms with E-state index in [4.69, 9.17) is 5.11 Å². The van der Waals surface area contributed by atoms with Crippen molar-refractivity contribution in [2.24, 2.45) is 0 Å². The van der Waals surface area contributed by atoms with Crippen LogP contribution >= 0.6 is 0 Å². The molecule has 0 amide bonds. The molecule has 1 aliphatic heterocycles. The molecule has 0 saturated carbocycles. The van der Waals surface area contributed by atoms with Crippen LogP contribution in [0.25, 0.3) is 11.0 Å². The third-order valence-electron chi connectivity index (χ3n) is 4.01. The lowest BCUT2D eigenvalue weighted by Gasteiger charge is -2.26. The zero-order valence-corrected chi connectivity index (χ0v) is 12.4. The number of aromatic nitrogens is 3. The van der Waals surface area contributed by atoms with Crippen molar-refractivity contribution >= 4 is 23.0 Å². The summed E-state index contributed by atoms with van der Waals surface area (Å²) in [5.74, 6) is -0.619. The number of carbonyl (C=O) groups is 1. The number of piperidine rings is 1. The van der Waals surface area contributed by atoms with Crippen LogP contribution < -0.4 is 10.3 Å². The zero-order chi connectivity index (χ0) is 15.7. The van der Waals surface area contributed by atoms with Crippen molar-refractivity contribution in [3.05, 3.63) is 28.2 Å². The second-order valence-corrected chi connectivity index (χ2v) is 5.42. The Balaban J connectivity index is 2.17. The van der Waals surface area contributed by atoms with Crippen molar-refractivity contribution in [2.45, 2.75) is 32.7 Å². The highest BCUT2D eigenvalue weighted by Crippen LogP contribution is 2.18. The van der Waals surface area contributed by atoms with E-state index in [2.05, 4.69) is 14.9 Å². The van der Waals surface area contributed by atoms with Gasteiger partial charge in [0.25, 0.3) is 0 Å². The van der Waals surface area contributed by atoms with Gasteiger partial charge in [-0.2, -0.15) is 4.98 Å². The summed E-state index contributed by atoms with van der Waals surface area (Å²) in [5, 5.41) is 9.39. The molecule has 0 radical (unpaired) electrons. The molecule has 7 heteroatoms. The molecule has 116 valence electrons. The average molecular weight is 302 g/mol. The summed E-state index contributed by atoms with van der Waals surface area (Å²) in [7, 11) is 0. The second kappa shape index (κ2) is 5.75.